The number of rotatable bonds is 4. The van der Waals surface area contributed by atoms with E-state index in [1.54, 1.807) is 16.9 Å². The maximum Gasteiger partial charge on any atom is 0.237 e. The van der Waals surface area contributed by atoms with Crippen LogP contribution in [0.25, 0.3) is 5.69 Å². The lowest BCUT2D eigenvalue weighted by molar-refractivity contribution is -0.128. The van der Waals surface area contributed by atoms with Crippen molar-refractivity contribution in [2.75, 3.05) is 0 Å². The minimum absolute atomic E-state index is 0.0369. The maximum atomic E-state index is 13.3. The molecule has 8 heteroatoms. The quantitative estimate of drug-likeness (QED) is 0.916. The van der Waals surface area contributed by atoms with Gasteiger partial charge in [-0.25, -0.2) is 9.07 Å². The second-order valence-electron chi connectivity index (χ2n) is 6.51. The monoisotopic (exact) mass is 349 g/mol. The first-order valence-electron chi connectivity index (χ1n) is 7.93. The van der Waals surface area contributed by atoms with E-state index < -0.39 is 11.4 Å². The average Bonchev–Trinajstić information content (AvgIpc) is 3.26. The number of carbonyl (C=O) groups excluding carboxylic acids is 1. The second kappa shape index (κ2) is 5.53. The molecule has 1 aromatic heterocycles. The van der Waals surface area contributed by atoms with Gasteiger partial charge in [0.25, 0.3) is 0 Å². The molecule has 0 aliphatic carbocycles. The van der Waals surface area contributed by atoms with Crippen LogP contribution < -0.4 is 5.73 Å². The fourth-order valence-corrected chi connectivity index (χ4v) is 4.17. The minimum Gasteiger partial charge on any atom is -0.368 e. The smallest absolute Gasteiger partial charge is 0.237 e. The number of halogens is 2. The molecule has 2 fully saturated rings. The number of carbonyl (C=O) groups is 1. The molecule has 1 amide bonds. The van der Waals surface area contributed by atoms with Crippen LogP contribution >= 0.6 is 11.6 Å². The fraction of sp³-hybridized carbons (Fsp3) is 0.438. The molecule has 2 aliphatic heterocycles. The van der Waals surface area contributed by atoms with Gasteiger partial charge in [0, 0.05) is 12.6 Å². The number of nitrogens with zero attached hydrogens (tertiary/aromatic N) is 4. The Labute approximate surface area is 143 Å². The summed E-state index contributed by atoms with van der Waals surface area (Å²) in [5.41, 5.74) is 6.51. The summed E-state index contributed by atoms with van der Waals surface area (Å²) in [5, 5.41) is 8.29. The molecule has 0 saturated carbocycles. The van der Waals surface area contributed by atoms with Crippen molar-refractivity contribution in [3.05, 3.63) is 40.9 Å². The molecule has 126 valence electrons. The molecule has 24 heavy (non-hydrogen) atoms. The topological polar surface area (TPSA) is 77.0 Å². The molecule has 0 spiro atoms. The van der Waals surface area contributed by atoms with Crippen molar-refractivity contribution in [1.82, 2.24) is 19.9 Å². The summed E-state index contributed by atoms with van der Waals surface area (Å²) in [6, 6.07) is 4.76. The summed E-state index contributed by atoms with van der Waals surface area (Å²) >= 11 is 5.81. The molecule has 2 aromatic rings. The van der Waals surface area contributed by atoms with Crippen LogP contribution in [0.1, 0.15) is 31.4 Å². The van der Waals surface area contributed by atoms with Gasteiger partial charge in [-0.05, 0) is 43.9 Å². The Bertz CT molecular complexity index is 800. The zero-order chi connectivity index (χ0) is 16.9. The first kappa shape index (κ1) is 15.5. The predicted molar refractivity (Wildman–Crippen MR) is 86.1 cm³/mol. The summed E-state index contributed by atoms with van der Waals surface area (Å²) in [6.07, 6.45) is 5.38. The molecule has 2 bridgehead atoms. The van der Waals surface area contributed by atoms with Crippen LogP contribution in [-0.2, 0) is 11.3 Å². The molecule has 6 nitrogen and oxygen atoms in total. The van der Waals surface area contributed by atoms with E-state index in [4.69, 9.17) is 17.3 Å². The predicted octanol–water partition coefficient (Wildman–Crippen LogP) is 2.04. The van der Waals surface area contributed by atoms with Gasteiger partial charge < -0.3 is 5.73 Å². The van der Waals surface area contributed by atoms with E-state index >= 15 is 0 Å². The molecule has 4 rings (SSSR count). The van der Waals surface area contributed by atoms with Crippen molar-refractivity contribution < 1.29 is 9.18 Å². The molecule has 0 atom stereocenters. The maximum absolute atomic E-state index is 13.3. The van der Waals surface area contributed by atoms with E-state index in [9.17, 15) is 9.18 Å². The number of hydrogen-bond donors (Lipinski definition) is 1. The van der Waals surface area contributed by atoms with E-state index in [0.717, 1.165) is 31.4 Å². The van der Waals surface area contributed by atoms with Crippen molar-refractivity contribution in [2.24, 2.45) is 5.73 Å². The lowest BCUT2D eigenvalue weighted by Crippen LogP contribution is -2.51. The van der Waals surface area contributed by atoms with Gasteiger partial charge in [-0.15, -0.1) is 5.10 Å². The molecule has 2 aliphatic rings. The van der Waals surface area contributed by atoms with Gasteiger partial charge in [-0.2, -0.15) is 0 Å². The molecule has 0 radical (unpaired) electrons. The molecule has 3 heterocycles. The van der Waals surface area contributed by atoms with Gasteiger partial charge in [0.15, 0.2) is 0 Å². The molecule has 1 aromatic carbocycles. The van der Waals surface area contributed by atoms with Crippen LogP contribution in [0.2, 0.25) is 5.02 Å². The summed E-state index contributed by atoms with van der Waals surface area (Å²) in [7, 11) is 0. The lowest BCUT2D eigenvalue weighted by atomic mass is 9.87. The first-order chi connectivity index (χ1) is 11.5. The number of fused-ring (bicyclic) bond motifs is 2. The second-order valence-corrected chi connectivity index (χ2v) is 6.91. The Hall–Kier alpha value is -1.99. The Balaban J connectivity index is 1.58. The standard InChI is InChI=1S/C16H17ClFN5O/c17-13-7-12(1-2-14(13)18)23-9-10(20-21-23)8-22-11-3-5-16(22,6-4-11)15(19)24/h1-2,7,9,11H,3-6,8H2,(H2,19,24). The Kier molecular flexibility index (Phi) is 3.58. The van der Waals surface area contributed by atoms with E-state index in [1.807, 2.05) is 0 Å². The van der Waals surface area contributed by atoms with Crippen molar-refractivity contribution in [1.29, 1.82) is 0 Å². The summed E-state index contributed by atoms with van der Waals surface area (Å²) in [5.74, 6) is -0.724. The van der Waals surface area contributed by atoms with Crippen LogP contribution in [0.15, 0.2) is 24.4 Å². The number of benzene rings is 1. The Morgan fingerprint density at radius 1 is 1.42 bits per heavy atom. The zero-order valence-electron chi connectivity index (χ0n) is 13.0. The number of hydrogen-bond acceptors (Lipinski definition) is 4. The van der Waals surface area contributed by atoms with Crippen LogP contribution in [0.4, 0.5) is 4.39 Å². The molecule has 2 N–H and O–H groups in total. The highest BCUT2D eigenvalue weighted by atomic mass is 35.5. The number of amides is 1. The van der Waals surface area contributed by atoms with E-state index in [0.29, 0.717) is 18.3 Å². The highest BCUT2D eigenvalue weighted by molar-refractivity contribution is 6.30. The van der Waals surface area contributed by atoms with Crippen molar-refractivity contribution in [3.8, 4) is 5.69 Å². The SMILES string of the molecule is NC(=O)C12CCC(CC1)N2Cc1cn(-c2ccc(F)c(Cl)c2)nn1. The van der Waals surface area contributed by atoms with Gasteiger partial charge in [0.2, 0.25) is 5.91 Å². The first-order valence-corrected chi connectivity index (χ1v) is 8.31. The van der Waals surface area contributed by atoms with Crippen LogP contribution in [0.3, 0.4) is 0 Å². The summed E-state index contributed by atoms with van der Waals surface area (Å²) in [4.78, 5) is 14.1. The fourth-order valence-electron chi connectivity index (χ4n) is 4.00. The van der Waals surface area contributed by atoms with Crippen LogP contribution in [0.5, 0.6) is 0 Å². The average molecular weight is 350 g/mol. The lowest BCUT2D eigenvalue weighted by Gasteiger charge is -2.31. The highest BCUT2D eigenvalue weighted by Gasteiger charge is 2.55. The third-order valence-corrected chi connectivity index (χ3v) is 5.56. The summed E-state index contributed by atoms with van der Waals surface area (Å²) in [6.45, 7) is 0.530. The number of primary amides is 1. The Morgan fingerprint density at radius 2 is 2.17 bits per heavy atom. The van der Waals surface area contributed by atoms with E-state index in [1.165, 1.54) is 12.1 Å². The van der Waals surface area contributed by atoms with Crippen molar-refractivity contribution in [3.63, 3.8) is 0 Å². The molecule has 0 unspecified atom stereocenters. The Morgan fingerprint density at radius 3 is 2.83 bits per heavy atom. The van der Waals surface area contributed by atoms with Crippen LogP contribution in [0, 0.1) is 5.82 Å². The van der Waals surface area contributed by atoms with Gasteiger partial charge in [0.1, 0.15) is 11.4 Å². The third-order valence-electron chi connectivity index (χ3n) is 5.27. The number of aromatic nitrogens is 3. The normalized spacial score (nSPS) is 26.2. The number of nitrogens with two attached hydrogens (primary N) is 1. The van der Waals surface area contributed by atoms with E-state index in [2.05, 4.69) is 15.2 Å². The molecular weight excluding hydrogens is 333 g/mol. The minimum atomic E-state index is -0.534. The molecular formula is C16H17ClFN5O. The highest BCUT2D eigenvalue weighted by Crippen LogP contribution is 2.46. The zero-order valence-corrected chi connectivity index (χ0v) is 13.7. The van der Waals surface area contributed by atoms with Gasteiger partial charge >= 0.3 is 0 Å². The third kappa shape index (κ3) is 2.31. The van der Waals surface area contributed by atoms with Gasteiger partial charge in [-0.1, -0.05) is 16.8 Å². The summed E-state index contributed by atoms with van der Waals surface area (Å²) < 4.78 is 14.8. The molecule has 2 saturated heterocycles. The van der Waals surface area contributed by atoms with E-state index in [-0.39, 0.29) is 10.9 Å². The van der Waals surface area contributed by atoms with Gasteiger partial charge in [0.05, 0.1) is 22.6 Å². The van der Waals surface area contributed by atoms with Gasteiger partial charge in [-0.3, -0.25) is 9.69 Å². The largest absolute Gasteiger partial charge is 0.368 e. The van der Waals surface area contributed by atoms with Crippen molar-refractivity contribution >= 4 is 17.5 Å². The van der Waals surface area contributed by atoms with Crippen molar-refractivity contribution in [2.45, 2.75) is 43.8 Å². The van der Waals surface area contributed by atoms with Crippen LogP contribution in [-0.4, -0.2) is 37.4 Å².